The molecule has 0 aliphatic heterocycles. The third kappa shape index (κ3) is 4.65. The normalized spacial score (nSPS) is 10.7. The van der Waals surface area contributed by atoms with Gasteiger partial charge in [0, 0.05) is 16.9 Å². The molecule has 108 valence electrons. The maximum Gasteiger partial charge on any atom is 0.122 e. The van der Waals surface area contributed by atoms with Crippen molar-refractivity contribution in [2.45, 2.75) is 26.4 Å². The predicted molar refractivity (Wildman–Crippen MR) is 83.9 cm³/mol. The van der Waals surface area contributed by atoms with Crippen molar-refractivity contribution in [3.63, 3.8) is 0 Å². The van der Waals surface area contributed by atoms with E-state index in [0.29, 0.717) is 6.61 Å². The lowest BCUT2D eigenvalue weighted by atomic mass is 10.3. The van der Waals surface area contributed by atoms with Crippen LogP contribution in [0, 0.1) is 0 Å². The zero-order chi connectivity index (χ0) is 14.2. The highest BCUT2D eigenvalue weighted by molar-refractivity contribution is 9.10. The minimum Gasteiger partial charge on any atom is -0.492 e. The van der Waals surface area contributed by atoms with Gasteiger partial charge in [0.15, 0.2) is 0 Å². The number of nitrogens with zero attached hydrogens (tertiary/aromatic N) is 2. The van der Waals surface area contributed by atoms with Crippen molar-refractivity contribution in [1.82, 2.24) is 14.9 Å². The SMILES string of the molecule is CCCNCc1nccn1CCOc1ccc(Br)cc1. The molecule has 1 N–H and O–H groups in total. The Balaban J connectivity index is 1.79. The molecule has 1 heterocycles. The van der Waals surface area contributed by atoms with E-state index in [0.717, 1.165) is 42.1 Å². The summed E-state index contributed by atoms with van der Waals surface area (Å²) in [5, 5.41) is 3.36. The van der Waals surface area contributed by atoms with E-state index in [1.54, 1.807) is 0 Å². The van der Waals surface area contributed by atoms with Crippen LogP contribution in [0.1, 0.15) is 19.2 Å². The number of hydrogen-bond acceptors (Lipinski definition) is 3. The summed E-state index contributed by atoms with van der Waals surface area (Å²) in [7, 11) is 0. The van der Waals surface area contributed by atoms with Gasteiger partial charge >= 0.3 is 0 Å². The number of hydrogen-bond donors (Lipinski definition) is 1. The van der Waals surface area contributed by atoms with Gasteiger partial charge in [-0.25, -0.2) is 4.98 Å². The van der Waals surface area contributed by atoms with Crippen molar-refractivity contribution in [2.75, 3.05) is 13.2 Å². The minimum absolute atomic E-state index is 0.638. The number of halogens is 1. The molecule has 0 atom stereocenters. The van der Waals surface area contributed by atoms with Crippen molar-refractivity contribution >= 4 is 15.9 Å². The summed E-state index contributed by atoms with van der Waals surface area (Å²) in [6.07, 6.45) is 4.96. The number of benzene rings is 1. The summed E-state index contributed by atoms with van der Waals surface area (Å²) in [6.45, 7) is 5.42. The van der Waals surface area contributed by atoms with Crippen LogP contribution in [-0.4, -0.2) is 22.7 Å². The molecule has 0 aliphatic rings. The molecule has 20 heavy (non-hydrogen) atoms. The van der Waals surface area contributed by atoms with Crippen molar-refractivity contribution in [2.24, 2.45) is 0 Å². The first-order valence-corrected chi connectivity index (χ1v) is 7.68. The highest BCUT2D eigenvalue weighted by Crippen LogP contribution is 2.16. The molecule has 0 amide bonds. The number of rotatable bonds is 8. The molecule has 2 aromatic rings. The second kappa shape index (κ2) is 8.07. The van der Waals surface area contributed by atoms with Crippen molar-refractivity contribution < 1.29 is 4.74 Å². The Bertz CT molecular complexity index is 510. The first-order valence-electron chi connectivity index (χ1n) is 6.88. The summed E-state index contributed by atoms with van der Waals surface area (Å²) in [4.78, 5) is 4.36. The zero-order valence-corrected chi connectivity index (χ0v) is 13.3. The Morgan fingerprint density at radius 3 is 2.85 bits per heavy atom. The Hall–Kier alpha value is -1.33. The van der Waals surface area contributed by atoms with Gasteiger partial charge in [-0.1, -0.05) is 22.9 Å². The Morgan fingerprint density at radius 2 is 2.10 bits per heavy atom. The molecule has 1 aromatic heterocycles. The van der Waals surface area contributed by atoms with Gasteiger partial charge in [0.25, 0.3) is 0 Å². The van der Waals surface area contributed by atoms with E-state index >= 15 is 0 Å². The predicted octanol–water partition coefficient (Wildman–Crippen LogP) is 3.22. The van der Waals surface area contributed by atoms with Crippen LogP contribution in [-0.2, 0) is 13.1 Å². The lowest BCUT2D eigenvalue weighted by Gasteiger charge is -2.10. The van der Waals surface area contributed by atoms with E-state index in [1.165, 1.54) is 0 Å². The average Bonchev–Trinajstić information content (AvgIpc) is 2.89. The smallest absolute Gasteiger partial charge is 0.122 e. The highest BCUT2D eigenvalue weighted by atomic mass is 79.9. The van der Waals surface area contributed by atoms with Gasteiger partial charge in [-0.3, -0.25) is 0 Å². The van der Waals surface area contributed by atoms with E-state index in [4.69, 9.17) is 4.74 Å². The van der Waals surface area contributed by atoms with Crippen LogP contribution in [0.5, 0.6) is 5.75 Å². The fourth-order valence-corrected chi connectivity index (χ4v) is 2.14. The van der Waals surface area contributed by atoms with Crippen LogP contribution in [0.4, 0.5) is 0 Å². The van der Waals surface area contributed by atoms with Crippen LogP contribution in [0.25, 0.3) is 0 Å². The van der Waals surface area contributed by atoms with Crippen LogP contribution < -0.4 is 10.1 Å². The second-order valence-electron chi connectivity index (χ2n) is 4.52. The van der Waals surface area contributed by atoms with Crippen LogP contribution >= 0.6 is 15.9 Å². The van der Waals surface area contributed by atoms with E-state index in [2.05, 4.69) is 37.7 Å². The Morgan fingerprint density at radius 1 is 1.30 bits per heavy atom. The molecule has 0 bridgehead atoms. The summed E-state index contributed by atoms with van der Waals surface area (Å²) in [5.74, 6) is 1.94. The Labute approximate surface area is 128 Å². The zero-order valence-electron chi connectivity index (χ0n) is 11.7. The fraction of sp³-hybridized carbons (Fsp3) is 0.400. The maximum atomic E-state index is 5.73. The van der Waals surface area contributed by atoms with Gasteiger partial charge in [-0.05, 0) is 37.2 Å². The molecule has 2 rings (SSSR count). The van der Waals surface area contributed by atoms with Gasteiger partial charge in [-0.15, -0.1) is 0 Å². The Kier molecular flexibility index (Phi) is 6.08. The van der Waals surface area contributed by atoms with Gasteiger partial charge in [0.2, 0.25) is 0 Å². The first kappa shape index (κ1) is 15.1. The van der Waals surface area contributed by atoms with Crippen LogP contribution in [0.15, 0.2) is 41.1 Å². The number of nitrogens with one attached hydrogen (secondary N) is 1. The lowest BCUT2D eigenvalue weighted by molar-refractivity contribution is 0.295. The molecular weight excluding hydrogens is 318 g/mol. The van der Waals surface area contributed by atoms with E-state index in [9.17, 15) is 0 Å². The van der Waals surface area contributed by atoms with Gasteiger partial charge in [-0.2, -0.15) is 0 Å². The molecule has 0 aliphatic carbocycles. The van der Waals surface area contributed by atoms with E-state index in [-0.39, 0.29) is 0 Å². The molecule has 0 saturated heterocycles. The molecule has 0 unspecified atom stereocenters. The standard InChI is InChI=1S/C15H20BrN3O/c1-2-7-17-12-15-18-8-9-19(15)10-11-20-14-5-3-13(16)4-6-14/h3-6,8-9,17H,2,7,10-12H2,1H3. The first-order chi connectivity index (χ1) is 9.79. The summed E-state index contributed by atoms with van der Waals surface area (Å²) in [5.41, 5.74) is 0. The number of imidazole rings is 1. The lowest BCUT2D eigenvalue weighted by Crippen LogP contribution is -2.19. The second-order valence-corrected chi connectivity index (χ2v) is 5.43. The maximum absolute atomic E-state index is 5.73. The molecule has 0 fully saturated rings. The third-order valence-electron chi connectivity index (χ3n) is 2.93. The molecule has 4 nitrogen and oxygen atoms in total. The largest absolute Gasteiger partial charge is 0.492 e. The quantitative estimate of drug-likeness (QED) is 0.751. The van der Waals surface area contributed by atoms with Crippen LogP contribution in [0.3, 0.4) is 0 Å². The average molecular weight is 338 g/mol. The summed E-state index contributed by atoms with van der Waals surface area (Å²) < 4.78 is 8.91. The number of aromatic nitrogens is 2. The van der Waals surface area contributed by atoms with Gasteiger partial charge < -0.3 is 14.6 Å². The molecular formula is C15H20BrN3O. The van der Waals surface area contributed by atoms with Crippen molar-refractivity contribution in [3.8, 4) is 5.75 Å². The highest BCUT2D eigenvalue weighted by Gasteiger charge is 2.02. The fourth-order valence-electron chi connectivity index (χ4n) is 1.88. The molecule has 1 aromatic carbocycles. The monoisotopic (exact) mass is 337 g/mol. The van der Waals surface area contributed by atoms with E-state index in [1.807, 2.05) is 36.7 Å². The molecule has 0 saturated carbocycles. The topological polar surface area (TPSA) is 39.1 Å². The van der Waals surface area contributed by atoms with Crippen molar-refractivity contribution in [1.29, 1.82) is 0 Å². The number of ether oxygens (including phenoxy) is 1. The molecule has 0 spiro atoms. The summed E-state index contributed by atoms with van der Waals surface area (Å²) >= 11 is 3.41. The van der Waals surface area contributed by atoms with Gasteiger partial charge in [0.1, 0.15) is 18.2 Å². The summed E-state index contributed by atoms with van der Waals surface area (Å²) in [6, 6.07) is 7.88. The van der Waals surface area contributed by atoms with E-state index < -0.39 is 0 Å². The third-order valence-corrected chi connectivity index (χ3v) is 3.45. The van der Waals surface area contributed by atoms with Crippen molar-refractivity contribution in [3.05, 3.63) is 47.0 Å². The molecule has 0 radical (unpaired) electrons. The molecule has 5 heteroatoms. The van der Waals surface area contributed by atoms with Crippen LogP contribution in [0.2, 0.25) is 0 Å². The van der Waals surface area contributed by atoms with Gasteiger partial charge in [0.05, 0.1) is 13.1 Å². The minimum atomic E-state index is 0.638.